The summed E-state index contributed by atoms with van der Waals surface area (Å²) in [6.45, 7) is 0.360. The molecule has 0 atom stereocenters. The predicted molar refractivity (Wildman–Crippen MR) is 90.7 cm³/mol. The van der Waals surface area contributed by atoms with E-state index in [9.17, 15) is 9.59 Å². The molecule has 0 unspecified atom stereocenters. The molecule has 122 valence electrons. The number of carbonyl (C=O) groups excluding carboxylic acids is 1. The van der Waals surface area contributed by atoms with Gasteiger partial charge in [-0.1, -0.05) is 55.7 Å². The second-order valence-corrected chi connectivity index (χ2v) is 5.53. The summed E-state index contributed by atoms with van der Waals surface area (Å²) in [6.07, 6.45) is 7.31. The highest BCUT2D eigenvalue weighted by atomic mass is 16.5. The smallest absolute Gasteiger partial charge is 0.420 e. The molecule has 0 spiro atoms. The van der Waals surface area contributed by atoms with Gasteiger partial charge in [-0.05, 0) is 30.9 Å². The Morgan fingerprint density at radius 2 is 1.57 bits per heavy atom. The molecule has 4 nitrogen and oxygen atoms in total. The molecule has 0 bridgehead atoms. The van der Waals surface area contributed by atoms with Crippen molar-refractivity contribution < 1.29 is 9.53 Å². The first kappa shape index (κ1) is 17.0. The molecule has 0 radical (unpaired) electrons. The highest BCUT2D eigenvalue weighted by Crippen LogP contribution is 2.08. The van der Waals surface area contributed by atoms with Crippen molar-refractivity contribution in [2.75, 3.05) is 6.61 Å². The van der Waals surface area contributed by atoms with Crippen LogP contribution in [0.3, 0.4) is 0 Å². The summed E-state index contributed by atoms with van der Waals surface area (Å²) in [7, 11) is 0. The van der Waals surface area contributed by atoms with E-state index in [-0.39, 0.29) is 5.56 Å². The molecule has 4 heteroatoms. The molecule has 0 fully saturated rings. The van der Waals surface area contributed by atoms with Gasteiger partial charge in [0, 0.05) is 12.3 Å². The summed E-state index contributed by atoms with van der Waals surface area (Å²) in [5, 5.41) is 0. The van der Waals surface area contributed by atoms with Gasteiger partial charge in [0.05, 0.1) is 6.61 Å². The largest absolute Gasteiger partial charge is 0.449 e. The molecule has 2 rings (SSSR count). The third-order valence-corrected chi connectivity index (χ3v) is 3.70. The van der Waals surface area contributed by atoms with Crippen LogP contribution in [0.25, 0.3) is 0 Å². The summed E-state index contributed by atoms with van der Waals surface area (Å²) in [4.78, 5) is 23.1. The molecule has 1 heterocycles. The van der Waals surface area contributed by atoms with E-state index in [4.69, 9.17) is 4.74 Å². The molecule has 1 aromatic heterocycles. The summed E-state index contributed by atoms with van der Waals surface area (Å²) in [5.74, 6) is 0. The van der Waals surface area contributed by atoms with Crippen LogP contribution in [-0.4, -0.2) is 17.3 Å². The van der Waals surface area contributed by atoms with Crippen molar-refractivity contribution in [2.45, 2.75) is 38.5 Å². The molecular formula is C19H23NO3. The second kappa shape index (κ2) is 9.62. The number of hydrogen-bond acceptors (Lipinski definition) is 3. The molecule has 23 heavy (non-hydrogen) atoms. The number of benzene rings is 1. The minimum absolute atomic E-state index is 0.360. The first-order valence-electron chi connectivity index (χ1n) is 8.16. The van der Waals surface area contributed by atoms with Crippen molar-refractivity contribution in [3.8, 4) is 0 Å². The molecule has 0 aliphatic rings. The fourth-order valence-electron chi connectivity index (χ4n) is 2.41. The van der Waals surface area contributed by atoms with Crippen LogP contribution in [0, 0.1) is 0 Å². The fourth-order valence-corrected chi connectivity index (χ4v) is 2.41. The molecule has 0 saturated carbocycles. The van der Waals surface area contributed by atoms with E-state index in [0.29, 0.717) is 6.61 Å². The van der Waals surface area contributed by atoms with E-state index in [1.807, 2.05) is 6.07 Å². The van der Waals surface area contributed by atoms with E-state index in [1.165, 1.54) is 30.7 Å². The van der Waals surface area contributed by atoms with E-state index in [2.05, 4.69) is 24.3 Å². The van der Waals surface area contributed by atoms with Gasteiger partial charge in [-0.3, -0.25) is 4.79 Å². The zero-order chi connectivity index (χ0) is 16.3. The highest BCUT2D eigenvalue weighted by Gasteiger charge is 2.06. The third kappa shape index (κ3) is 6.10. The van der Waals surface area contributed by atoms with E-state index >= 15 is 0 Å². The minimum Gasteiger partial charge on any atom is -0.449 e. The maximum absolute atomic E-state index is 11.7. The van der Waals surface area contributed by atoms with Crippen molar-refractivity contribution in [2.24, 2.45) is 0 Å². The van der Waals surface area contributed by atoms with Gasteiger partial charge in [0.25, 0.3) is 5.56 Å². The van der Waals surface area contributed by atoms with Crippen molar-refractivity contribution in [3.63, 3.8) is 0 Å². The quantitative estimate of drug-likeness (QED) is 0.691. The second-order valence-electron chi connectivity index (χ2n) is 5.53. The lowest BCUT2D eigenvalue weighted by Crippen LogP contribution is -2.26. The summed E-state index contributed by atoms with van der Waals surface area (Å²) >= 11 is 0. The number of nitrogens with zero attached hydrogens (tertiary/aromatic N) is 1. The molecular weight excluding hydrogens is 290 g/mol. The molecule has 0 N–H and O–H groups in total. The van der Waals surface area contributed by atoms with Gasteiger partial charge in [-0.15, -0.1) is 0 Å². The molecule has 0 saturated heterocycles. The number of aryl methyl sites for hydroxylation is 1. The number of hydrogen-bond donors (Lipinski definition) is 0. The van der Waals surface area contributed by atoms with Gasteiger partial charge in [-0.25, -0.2) is 9.36 Å². The van der Waals surface area contributed by atoms with Gasteiger partial charge in [-0.2, -0.15) is 0 Å². The van der Waals surface area contributed by atoms with Gasteiger partial charge >= 0.3 is 6.09 Å². The number of pyridine rings is 1. The Bertz CT molecular complexity index is 649. The Kier molecular flexibility index (Phi) is 7.11. The summed E-state index contributed by atoms with van der Waals surface area (Å²) in [5.41, 5.74) is 1.02. The molecule has 0 amide bonds. The lowest BCUT2D eigenvalue weighted by Gasteiger charge is -2.06. The van der Waals surface area contributed by atoms with Gasteiger partial charge in [0.1, 0.15) is 0 Å². The molecule has 0 aliphatic heterocycles. The first-order chi connectivity index (χ1) is 11.3. The Morgan fingerprint density at radius 1 is 0.870 bits per heavy atom. The standard InChI is InChI=1S/C19H23NO3/c21-18-14-8-9-15-20(18)19(22)23-16-10-3-1-2-5-11-17-12-6-4-7-13-17/h4,6-9,12-15H,1-3,5,10-11,16H2. The minimum atomic E-state index is -0.598. The van der Waals surface area contributed by atoms with E-state index in [1.54, 1.807) is 12.1 Å². The maximum Gasteiger partial charge on any atom is 0.420 e. The van der Waals surface area contributed by atoms with Crippen LogP contribution in [0.1, 0.15) is 37.7 Å². The fraction of sp³-hybridized carbons (Fsp3) is 0.368. The monoisotopic (exact) mass is 313 g/mol. The van der Waals surface area contributed by atoms with Crippen LogP contribution in [-0.2, 0) is 11.2 Å². The maximum atomic E-state index is 11.7. The number of carbonyl (C=O) groups is 1. The normalized spacial score (nSPS) is 10.4. The number of rotatable bonds is 8. The Hall–Kier alpha value is -2.36. The van der Waals surface area contributed by atoms with Crippen LogP contribution in [0.4, 0.5) is 4.79 Å². The molecule has 0 aliphatic carbocycles. The summed E-state index contributed by atoms with van der Waals surface area (Å²) < 4.78 is 6.09. The lowest BCUT2D eigenvalue weighted by atomic mass is 10.1. The first-order valence-corrected chi connectivity index (χ1v) is 8.16. The number of aromatic nitrogens is 1. The van der Waals surface area contributed by atoms with E-state index in [0.717, 1.165) is 30.3 Å². The van der Waals surface area contributed by atoms with Crippen molar-refractivity contribution >= 4 is 6.09 Å². The average molecular weight is 313 g/mol. The zero-order valence-corrected chi connectivity index (χ0v) is 13.3. The average Bonchev–Trinajstić information content (AvgIpc) is 2.58. The van der Waals surface area contributed by atoms with Crippen molar-refractivity contribution in [1.29, 1.82) is 0 Å². The Morgan fingerprint density at radius 3 is 2.35 bits per heavy atom. The molecule has 1 aromatic carbocycles. The number of ether oxygens (including phenoxy) is 1. The van der Waals surface area contributed by atoms with Crippen LogP contribution in [0.15, 0.2) is 59.5 Å². The number of unbranched alkanes of at least 4 members (excludes halogenated alkanes) is 4. The van der Waals surface area contributed by atoms with Crippen molar-refractivity contribution in [1.82, 2.24) is 4.57 Å². The Labute approximate surface area is 136 Å². The summed E-state index contributed by atoms with van der Waals surface area (Å²) in [6, 6.07) is 15.1. The highest BCUT2D eigenvalue weighted by molar-refractivity contribution is 5.70. The van der Waals surface area contributed by atoms with Gasteiger partial charge in [0.15, 0.2) is 0 Å². The van der Waals surface area contributed by atoms with Crippen LogP contribution < -0.4 is 5.56 Å². The van der Waals surface area contributed by atoms with Crippen LogP contribution in [0.5, 0.6) is 0 Å². The Balaban J connectivity index is 1.52. The van der Waals surface area contributed by atoms with Crippen molar-refractivity contribution in [3.05, 3.63) is 70.6 Å². The SMILES string of the molecule is O=C(OCCCCCCCc1ccccc1)n1ccccc1=O. The predicted octanol–water partition coefficient (Wildman–Crippen LogP) is 4.03. The topological polar surface area (TPSA) is 48.3 Å². The molecule has 2 aromatic rings. The van der Waals surface area contributed by atoms with Crippen LogP contribution >= 0.6 is 0 Å². The third-order valence-electron chi connectivity index (χ3n) is 3.70. The van der Waals surface area contributed by atoms with E-state index < -0.39 is 6.09 Å². The van der Waals surface area contributed by atoms with Gasteiger partial charge < -0.3 is 4.74 Å². The van der Waals surface area contributed by atoms with Crippen LogP contribution in [0.2, 0.25) is 0 Å². The zero-order valence-electron chi connectivity index (χ0n) is 13.3. The van der Waals surface area contributed by atoms with Gasteiger partial charge in [0.2, 0.25) is 0 Å². The lowest BCUT2D eigenvalue weighted by molar-refractivity contribution is 0.144.